The van der Waals surface area contributed by atoms with Gasteiger partial charge in [0.05, 0.1) is 27.8 Å². The van der Waals surface area contributed by atoms with Crippen molar-refractivity contribution >= 4 is 56.0 Å². The van der Waals surface area contributed by atoms with Crippen LogP contribution in [0.3, 0.4) is 0 Å². The first kappa shape index (κ1) is 23.1. The van der Waals surface area contributed by atoms with Crippen LogP contribution in [0.4, 0.5) is 11.5 Å². The number of sulfonamides is 1. The van der Waals surface area contributed by atoms with Crippen LogP contribution in [0.25, 0.3) is 11.0 Å². The number of rotatable bonds is 7. The number of esters is 1. The number of imidazole rings is 1. The number of carbonyl (C=O) groups excluding carboxylic acids is 2. The smallest absolute Gasteiger partial charge is 0.338 e. The van der Waals surface area contributed by atoms with E-state index >= 15 is 0 Å². The number of hydrogen-bond donors (Lipinski definition) is 3. The maximum Gasteiger partial charge on any atom is 0.338 e. The van der Waals surface area contributed by atoms with Gasteiger partial charge in [0.1, 0.15) is 0 Å². The molecule has 11 nitrogen and oxygen atoms in total. The van der Waals surface area contributed by atoms with Crippen molar-refractivity contribution < 1.29 is 22.7 Å². The van der Waals surface area contributed by atoms with Gasteiger partial charge in [0.15, 0.2) is 17.1 Å². The quantitative estimate of drug-likeness (QED) is 0.327. The normalized spacial score (nSPS) is 12.2. The summed E-state index contributed by atoms with van der Waals surface area (Å²) in [6.45, 7) is 1.43. The Balaban J connectivity index is 1.36. The molecule has 4 rings (SSSR count). The minimum absolute atomic E-state index is 0.00379. The number of nitrogens with zero attached hydrogens (tertiary/aromatic N) is 3. The number of nitrogens with one attached hydrogen (secondary N) is 3. The molecule has 0 bridgehead atoms. The summed E-state index contributed by atoms with van der Waals surface area (Å²) in [4.78, 5) is 31.7. The van der Waals surface area contributed by atoms with Gasteiger partial charge in [-0.2, -0.15) is 0 Å². The molecule has 1 amide bonds. The second kappa shape index (κ2) is 9.45. The van der Waals surface area contributed by atoms with Crippen molar-refractivity contribution in [2.75, 3.05) is 10.0 Å². The van der Waals surface area contributed by atoms with E-state index in [0.717, 1.165) is 0 Å². The highest BCUT2D eigenvalue weighted by Gasteiger charge is 2.20. The molecule has 3 N–H and O–H groups in total. The van der Waals surface area contributed by atoms with Crippen LogP contribution in [0.5, 0.6) is 0 Å². The number of aromatic nitrogens is 4. The molecule has 0 fully saturated rings. The highest BCUT2D eigenvalue weighted by Crippen LogP contribution is 2.18. The third-order valence-electron chi connectivity index (χ3n) is 4.61. The Morgan fingerprint density at radius 1 is 1.06 bits per heavy atom. The summed E-state index contributed by atoms with van der Waals surface area (Å²) in [6.07, 6.45) is 0.410. The minimum Gasteiger partial charge on any atom is -0.449 e. The Bertz CT molecular complexity index is 1460. The van der Waals surface area contributed by atoms with Gasteiger partial charge in [-0.15, -0.1) is 10.2 Å². The molecular formula is C21H17ClN6O5S. The molecule has 13 heteroatoms. The van der Waals surface area contributed by atoms with E-state index in [0.29, 0.717) is 16.7 Å². The number of amides is 1. The van der Waals surface area contributed by atoms with Gasteiger partial charge >= 0.3 is 5.97 Å². The SMILES string of the molecule is CC(OC(=O)c1ccc2nc[nH]c2c1)C(=O)Nc1ccc(S(=O)(=O)Nc2ccc(Cl)nn2)cc1. The second-order valence-corrected chi connectivity index (χ2v) is 9.11. The summed E-state index contributed by atoms with van der Waals surface area (Å²) in [5.74, 6) is -1.25. The number of fused-ring (bicyclic) bond motifs is 1. The fraction of sp³-hybridized carbons (Fsp3) is 0.0952. The molecule has 0 aliphatic rings. The van der Waals surface area contributed by atoms with Crippen LogP contribution >= 0.6 is 11.6 Å². The first-order chi connectivity index (χ1) is 16.2. The molecule has 0 aliphatic heterocycles. The molecule has 1 unspecified atom stereocenters. The largest absolute Gasteiger partial charge is 0.449 e. The van der Waals surface area contributed by atoms with Gasteiger partial charge in [-0.3, -0.25) is 9.52 Å². The minimum atomic E-state index is -3.93. The lowest BCUT2D eigenvalue weighted by atomic mass is 10.2. The van der Waals surface area contributed by atoms with Crippen molar-refractivity contribution in [3.05, 3.63) is 71.6 Å². The van der Waals surface area contributed by atoms with Crippen molar-refractivity contribution in [2.45, 2.75) is 17.9 Å². The zero-order valence-electron chi connectivity index (χ0n) is 17.5. The highest BCUT2D eigenvalue weighted by atomic mass is 35.5. The number of hydrogen-bond acceptors (Lipinski definition) is 8. The average Bonchev–Trinajstić information content (AvgIpc) is 3.28. The molecule has 0 spiro atoms. The average molecular weight is 501 g/mol. The van der Waals surface area contributed by atoms with E-state index < -0.39 is 28.0 Å². The maximum atomic E-state index is 12.5. The third-order valence-corrected chi connectivity index (χ3v) is 6.18. The first-order valence-electron chi connectivity index (χ1n) is 9.78. The zero-order valence-corrected chi connectivity index (χ0v) is 19.1. The van der Waals surface area contributed by atoms with Crippen LogP contribution in [-0.4, -0.2) is 46.6 Å². The van der Waals surface area contributed by atoms with Gasteiger partial charge < -0.3 is 15.0 Å². The number of anilines is 2. The summed E-state index contributed by atoms with van der Waals surface area (Å²) in [6, 6.07) is 13.0. The number of aromatic amines is 1. The van der Waals surface area contributed by atoms with E-state index in [1.54, 1.807) is 18.2 Å². The van der Waals surface area contributed by atoms with Gasteiger partial charge in [0.2, 0.25) is 0 Å². The van der Waals surface area contributed by atoms with Gasteiger partial charge in [-0.25, -0.2) is 18.2 Å². The number of H-pyrrole nitrogens is 1. The van der Waals surface area contributed by atoms with Crippen LogP contribution < -0.4 is 10.0 Å². The van der Waals surface area contributed by atoms with E-state index in [1.807, 2.05) is 0 Å². The lowest BCUT2D eigenvalue weighted by molar-refractivity contribution is -0.123. The van der Waals surface area contributed by atoms with Gasteiger partial charge in [-0.05, 0) is 61.5 Å². The standard InChI is InChI=1S/C21H17ClN6O5S/c1-12(33-21(30)13-2-7-16-17(10-13)24-11-23-16)20(29)25-14-3-5-15(6-4-14)34(31,32)28-19-9-8-18(22)26-27-19/h2-12H,1H3,(H,23,24)(H,25,29)(H,27,28). The van der Waals surface area contributed by atoms with E-state index in [9.17, 15) is 18.0 Å². The molecule has 2 aromatic carbocycles. The van der Waals surface area contributed by atoms with Crippen LogP contribution in [0.1, 0.15) is 17.3 Å². The predicted molar refractivity (Wildman–Crippen MR) is 124 cm³/mol. The van der Waals surface area contributed by atoms with E-state index in [1.165, 1.54) is 49.6 Å². The van der Waals surface area contributed by atoms with E-state index in [4.69, 9.17) is 16.3 Å². The van der Waals surface area contributed by atoms with Gasteiger partial charge in [0, 0.05) is 5.69 Å². The molecule has 2 aromatic heterocycles. The van der Waals surface area contributed by atoms with E-state index in [-0.39, 0.29) is 21.4 Å². The molecule has 2 heterocycles. The lowest BCUT2D eigenvalue weighted by Gasteiger charge is -2.14. The monoisotopic (exact) mass is 500 g/mol. The maximum absolute atomic E-state index is 12.5. The fourth-order valence-electron chi connectivity index (χ4n) is 2.87. The Hall–Kier alpha value is -4.03. The summed E-state index contributed by atoms with van der Waals surface area (Å²) in [5.41, 5.74) is 1.95. The highest BCUT2D eigenvalue weighted by molar-refractivity contribution is 7.92. The summed E-state index contributed by atoms with van der Waals surface area (Å²) in [7, 11) is -3.93. The fourth-order valence-corrected chi connectivity index (χ4v) is 3.97. The summed E-state index contributed by atoms with van der Waals surface area (Å²) < 4.78 is 32.5. The molecule has 4 aromatic rings. The summed E-state index contributed by atoms with van der Waals surface area (Å²) in [5, 5.41) is 9.92. The predicted octanol–water partition coefficient (Wildman–Crippen LogP) is 2.99. The molecular weight excluding hydrogens is 484 g/mol. The third kappa shape index (κ3) is 5.30. The van der Waals surface area contributed by atoms with Crippen LogP contribution in [0.2, 0.25) is 5.15 Å². The Morgan fingerprint density at radius 2 is 1.82 bits per heavy atom. The first-order valence-corrected chi connectivity index (χ1v) is 11.6. The molecule has 0 saturated carbocycles. The Labute approximate surface area is 198 Å². The molecule has 0 radical (unpaired) electrons. The number of benzene rings is 2. The van der Waals surface area contributed by atoms with Crippen molar-refractivity contribution in [2.24, 2.45) is 0 Å². The Kier molecular flexibility index (Phi) is 6.43. The lowest BCUT2D eigenvalue weighted by Crippen LogP contribution is -2.30. The van der Waals surface area contributed by atoms with Crippen molar-refractivity contribution in [1.82, 2.24) is 20.2 Å². The summed E-state index contributed by atoms with van der Waals surface area (Å²) >= 11 is 5.64. The van der Waals surface area contributed by atoms with E-state index in [2.05, 4.69) is 30.2 Å². The van der Waals surface area contributed by atoms with Gasteiger partial charge in [-0.1, -0.05) is 11.6 Å². The second-order valence-electron chi connectivity index (χ2n) is 7.04. The molecule has 1 atom stereocenters. The molecule has 174 valence electrons. The molecule has 34 heavy (non-hydrogen) atoms. The van der Waals surface area contributed by atoms with Crippen molar-refractivity contribution in [3.8, 4) is 0 Å². The zero-order chi connectivity index (χ0) is 24.3. The van der Waals surface area contributed by atoms with Crippen LogP contribution in [0.15, 0.2) is 65.8 Å². The Morgan fingerprint density at radius 3 is 2.53 bits per heavy atom. The van der Waals surface area contributed by atoms with Crippen LogP contribution in [-0.2, 0) is 19.6 Å². The van der Waals surface area contributed by atoms with Crippen LogP contribution in [0, 0.1) is 0 Å². The number of ether oxygens (including phenoxy) is 1. The van der Waals surface area contributed by atoms with Gasteiger partial charge in [0.25, 0.3) is 15.9 Å². The number of halogens is 1. The molecule has 0 saturated heterocycles. The molecule has 0 aliphatic carbocycles. The number of carbonyl (C=O) groups is 2. The topological polar surface area (TPSA) is 156 Å². The van der Waals surface area contributed by atoms with Crippen molar-refractivity contribution in [1.29, 1.82) is 0 Å². The van der Waals surface area contributed by atoms with Crippen molar-refractivity contribution in [3.63, 3.8) is 0 Å².